The molecule has 1 N–H and O–H groups in total. The van der Waals surface area contributed by atoms with Crippen molar-refractivity contribution in [3.8, 4) is 17.1 Å². The van der Waals surface area contributed by atoms with Gasteiger partial charge in [0.25, 0.3) is 10.0 Å². The van der Waals surface area contributed by atoms with Crippen LogP contribution in [0.3, 0.4) is 0 Å². The Morgan fingerprint density at radius 3 is 2.24 bits per heavy atom. The van der Waals surface area contributed by atoms with Crippen LogP contribution in [0.2, 0.25) is 0 Å². The number of benzene rings is 3. The van der Waals surface area contributed by atoms with Crippen LogP contribution >= 0.6 is 0 Å². The third kappa shape index (κ3) is 4.42. The lowest BCUT2D eigenvalue weighted by molar-refractivity contribution is 0.0813. The van der Waals surface area contributed by atoms with Crippen LogP contribution in [-0.2, 0) is 21.9 Å². The number of furan rings is 1. The molecule has 0 fully saturated rings. The molecule has 41 heavy (non-hydrogen) atoms. The number of hydrogen-bond acceptors (Lipinski definition) is 6. The SMILES string of the molecule is COc1ccc(C(NS(=O)(=O)c2oc3c(c2C)C(=O)C(=O)c2c-3ccc3c2CCCC3(C)C)c2ccccc2)cc1. The molecule has 1 unspecified atom stereocenters. The number of Topliss-reactive ketones (excluding diaryl/α,β-unsaturated/α-hetero) is 2. The highest BCUT2D eigenvalue weighted by atomic mass is 32.2. The summed E-state index contributed by atoms with van der Waals surface area (Å²) >= 11 is 0. The second-order valence-electron chi connectivity index (χ2n) is 11.4. The largest absolute Gasteiger partial charge is 0.497 e. The molecule has 1 aromatic heterocycles. The first-order valence-electron chi connectivity index (χ1n) is 13.6. The molecule has 2 aliphatic rings. The molecule has 8 heteroatoms. The summed E-state index contributed by atoms with van der Waals surface area (Å²) in [5, 5.41) is -0.371. The number of rotatable bonds is 6. The maximum absolute atomic E-state index is 13.9. The zero-order valence-corrected chi connectivity index (χ0v) is 24.2. The van der Waals surface area contributed by atoms with Crippen molar-refractivity contribution in [2.75, 3.05) is 7.11 Å². The van der Waals surface area contributed by atoms with Gasteiger partial charge in [0.1, 0.15) is 11.5 Å². The number of carbonyl (C=O) groups is 2. The average molecular weight is 570 g/mol. The summed E-state index contributed by atoms with van der Waals surface area (Å²) in [6.07, 6.45) is 2.57. The topological polar surface area (TPSA) is 103 Å². The summed E-state index contributed by atoms with van der Waals surface area (Å²) in [5.41, 5.74) is 4.16. The minimum absolute atomic E-state index is 0.0126. The lowest BCUT2D eigenvalue weighted by Crippen LogP contribution is -2.30. The van der Waals surface area contributed by atoms with Crippen LogP contribution in [-0.4, -0.2) is 27.1 Å². The van der Waals surface area contributed by atoms with Gasteiger partial charge >= 0.3 is 0 Å². The molecule has 1 atom stereocenters. The Bertz CT molecular complexity index is 1800. The number of carbonyl (C=O) groups excluding carboxylic acids is 2. The second kappa shape index (κ2) is 9.82. The third-order valence-corrected chi connectivity index (χ3v) is 9.80. The van der Waals surface area contributed by atoms with Crippen molar-refractivity contribution in [3.63, 3.8) is 0 Å². The molecule has 4 aromatic rings. The number of nitrogens with one attached hydrogen (secondary N) is 1. The van der Waals surface area contributed by atoms with Crippen LogP contribution in [0.5, 0.6) is 5.75 Å². The monoisotopic (exact) mass is 569 g/mol. The minimum atomic E-state index is -4.29. The van der Waals surface area contributed by atoms with Gasteiger partial charge in [0.15, 0.2) is 0 Å². The van der Waals surface area contributed by atoms with E-state index in [1.165, 1.54) is 6.92 Å². The molecular formula is C33H31NO6S. The first kappa shape index (κ1) is 27.2. The molecule has 1 heterocycles. The predicted octanol–water partition coefficient (Wildman–Crippen LogP) is 6.32. The Morgan fingerprint density at radius 1 is 0.902 bits per heavy atom. The fourth-order valence-corrected chi connectivity index (χ4v) is 7.64. The molecule has 210 valence electrons. The first-order chi connectivity index (χ1) is 19.5. The van der Waals surface area contributed by atoms with E-state index in [2.05, 4.69) is 18.6 Å². The number of hydrogen-bond donors (Lipinski definition) is 1. The number of fused-ring (bicyclic) bond motifs is 5. The van der Waals surface area contributed by atoms with Gasteiger partial charge in [-0.3, -0.25) is 9.59 Å². The molecule has 2 aliphatic carbocycles. The number of sulfonamides is 1. The van der Waals surface area contributed by atoms with Crippen LogP contribution < -0.4 is 9.46 Å². The van der Waals surface area contributed by atoms with E-state index in [1.807, 2.05) is 36.4 Å². The van der Waals surface area contributed by atoms with E-state index in [1.54, 1.807) is 37.4 Å². The fourth-order valence-electron chi connectivity index (χ4n) is 6.25. The highest BCUT2D eigenvalue weighted by molar-refractivity contribution is 7.89. The van der Waals surface area contributed by atoms with Crippen LogP contribution in [0, 0.1) is 6.92 Å². The third-order valence-electron chi connectivity index (χ3n) is 8.38. The summed E-state index contributed by atoms with van der Waals surface area (Å²) < 4.78 is 42.0. The van der Waals surface area contributed by atoms with E-state index < -0.39 is 27.6 Å². The lowest BCUT2D eigenvalue weighted by Gasteiger charge is -2.34. The van der Waals surface area contributed by atoms with Gasteiger partial charge in [-0.25, -0.2) is 8.42 Å². The molecule has 3 aromatic carbocycles. The van der Waals surface area contributed by atoms with Gasteiger partial charge < -0.3 is 9.15 Å². The van der Waals surface area contributed by atoms with Crippen LogP contribution in [0.15, 0.2) is 76.2 Å². The highest BCUT2D eigenvalue weighted by Crippen LogP contribution is 2.46. The van der Waals surface area contributed by atoms with Crippen molar-refractivity contribution in [2.24, 2.45) is 0 Å². The summed E-state index contributed by atoms with van der Waals surface area (Å²) in [6.45, 7) is 5.79. The van der Waals surface area contributed by atoms with E-state index >= 15 is 0 Å². The number of methoxy groups -OCH3 is 1. The maximum atomic E-state index is 13.9. The molecule has 0 saturated carbocycles. The molecule has 6 rings (SSSR count). The highest BCUT2D eigenvalue weighted by Gasteiger charge is 2.42. The van der Waals surface area contributed by atoms with E-state index in [-0.39, 0.29) is 27.4 Å². The van der Waals surface area contributed by atoms with Gasteiger partial charge in [-0.1, -0.05) is 68.4 Å². The van der Waals surface area contributed by atoms with Gasteiger partial charge in [-0.05, 0) is 66.0 Å². The van der Waals surface area contributed by atoms with Crippen LogP contribution in [0.25, 0.3) is 11.3 Å². The summed E-state index contributed by atoms with van der Waals surface area (Å²) in [7, 11) is -2.72. The van der Waals surface area contributed by atoms with Gasteiger partial charge in [0, 0.05) is 16.7 Å². The van der Waals surface area contributed by atoms with Gasteiger partial charge in [-0.15, -0.1) is 0 Å². The van der Waals surface area contributed by atoms with Crippen molar-refractivity contribution in [1.82, 2.24) is 4.72 Å². The second-order valence-corrected chi connectivity index (χ2v) is 13.0. The molecule has 0 radical (unpaired) electrons. The minimum Gasteiger partial charge on any atom is -0.497 e. The van der Waals surface area contributed by atoms with Crippen LogP contribution in [0.4, 0.5) is 0 Å². The standard InChI is InChI=1S/C33H31NO6S/c1-19-26-29(35)30(36)27-23-11-8-18-33(2,3)25(23)17-16-24(27)31(26)40-32(19)41(37,38)34-28(20-9-6-5-7-10-20)21-12-14-22(39-4)15-13-21/h5-7,9-10,12-17,28,34H,8,11,18H2,1-4H3. The predicted molar refractivity (Wildman–Crippen MR) is 155 cm³/mol. The van der Waals surface area contributed by atoms with Crippen molar-refractivity contribution < 1.29 is 27.2 Å². The molecule has 0 amide bonds. The lowest BCUT2D eigenvalue weighted by atomic mass is 9.69. The van der Waals surface area contributed by atoms with Gasteiger partial charge in [-0.2, -0.15) is 4.72 Å². The number of ketones is 2. The summed E-state index contributed by atoms with van der Waals surface area (Å²) in [5.74, 6) is -0.565. The molecule has 0 saturated heterocycles. The zero-order chi connectivity index (χ0) is 29.1. The molecular weight excluding hydrogens is 538 g/mol. The fraction of sp³-hybridized carbons (Fsp3) is 0.273. The molecule has 0 aliphatic heterocycles. The first-order valence-corrected chi connectivity index (χ1v) is 15.1. The van der Waals surface area contributed by atoms with E-state index in [0.29, 0.717) is 28.9 Å². The van der Waals surface area contributed by atoms with Crippen molar-refractivity contribution in [3.05, 3.63) is 106 Å². The van der Waals surface area contributed by atoms with E-state index in [0.717, 1.165) is 29.5 Å². The molecule has 7 nitrogen and oxygen atoms in total. The Hall–Kier alpha value is -4.01. The zero-order valence-electron chi connectivity index (χ0n) is 23.4. The van der Waals surface area contributed by atoms with Crippen molar-refractivity contribution in [2.45, 2.75) is 56.6 Å². The van der Waals surface area contributed by atoms with Crippen molar-refractivity contribution in [1.29, 1.82) is 0 Å². The number of ether oxygens (including phenoxy) is 1. The quantitative estimate of drug-likeness (QED) is 0.273. The molecule has 0 spiro atoms. The maximum Gasteiger partial charge on any atom is 0.275 e. The Kier molecular flexibility index (Phi) is 6.51. The van der Waals surface area contributed by atoms with E-state index in [4.69, 9.17) is 9.15 Å². The summed E-state index contributed by atoms with van der Waals surface area (Å²) in [4.78, 5) is 27.0. The van der Waals surface area contributed by atoms with Crippen molar-refractivity contribution >= 4 is 21.6 Å². The smallest absolute Gasteiger partial charge is 0.275 e. The summed E-state index contributed by atoms with van der Waals surface area (Å²) in [6, 6.07) is 19.3. The Labute approximate surface area is 239 Å². The normalized spacial score (nSPS) is 16.5. The average Bonchev–Trinajstić information content (AvgIpc) is 3.33. The van der Waals surface area contributed by atoms with Gasteiger partial charge in [0.2, 0.25) is 16.7 Å². The van der Waals surface area contributed by atoms with Crippen LogP contribution in [0.1, 0.15) is 81.3 Å². The Balaban J connectivity index is 1.46. The van der Waals surface area contributed by atoms with E-state index in [9.17, 15) is 18.0 Å². The van der Waals surface area contributed by atoms with Gasteiger partial charge in [0.05, 0.1) is 18.7 Å². The molecule has 0 bridgehead atoms. The Morgan fingerprint density at radius 2 is 1.56 bits per heavy atom.